The van der Waals surface area contributed by atoms with Crippen molar-refractivity contribution >= 4 is 40.0 Å². The van der Waals surface area contributed by atoms with Crippen LogP contribution >= 0.6 is 22.6 Å². The van der Waals surface area contributed by atoms with Gasteiger partial charge in [-0.2, -0.15) is 0 Å². The van der Waals surface area contributed by atoms with Crippen LogP contribution in [0.15, 0.2) is 36.7 Å². The molecular formula is C11H10IN5O. The lowest BCUT2D eigenvalue weighted by Crippen LogP contribution is -2.16. The number of nitrogens with one attached hydrogen (secondary N) is 2. The highest BCUT2D eigenvalue weighted by Crippen LogP contribution is 2.13. The van der Waals surface area contributed by atoms with Crippen LogP contribution in [0.4, 0.5) is 11.5 Å². The SMILES string of the molecule is NNc1cncc(C(=O)Nc2cccc(I)c2)n1. The minimum atomic E-state index is -0.332. The van der Waals surface area contributed by atoms with E-state index in [2.05, 4.69) is 43.3 Å². The molecule has 0 aliphatic heterocycles. The largest absolute Gasteiger partial charge is 0.321 e. The summed E-state index contributed by atoms with van der Waals surface area (Å²) < 4.78 is 1.04. The maximum Gasteiger partial charge on any atom is 0.275 e. The van der Waals surface area contributed by atoms with Crippen molar-refractivity contribution in [3.05, 3.63) is 45.9 Å². The van der Waals surface area contributed by atoms with Gasteiger partial charge in [0.05, 0.1) is 12.4 Å². The highest BCUT2D eigenvalue weighted by atomic mass is 127. The van der Waals surface area contributed by atoms with Crippen LogP contribution in [0.3, 0.4) is 0 Å². The fraction of sp³-hybridized carbons (Fsp3) is 0. The van der Waals surface area contributed by atoms with E-state index in [0.717, 1.165) is 3.57 Å². The molecule has 1 heterocycles. The Morgan fingerprint density at radius 3 is 2.89 bits per heavy atom. The van der Waals surface area contributed by atoms with Gasteiger partial charge in [-0.05, 0) is 40.8 Å². The van der Waals surface area contributed by atoms with E-state index >= 15 is 0 Å². The third-order valence-corrected chi connectivity index (χ3v) is 2.77. The van der Waals surface area contributed by atoms with Crippen molar-refractivity contribution in [3.8, 4) is 0 Å². The van der Waals surface area contributed by atoms with Crippen molar-refractivity contribution in [2.75, 3.05) is 10.7 Å². The highest BCUT2D eigenvalue weighted by molar-refractivity contribution is 14.1. The van der Waals surface area contributed by atoms with Crippen LogP contribution in [0.1, 0.15) is 10.5 Å². The zero-order chi connectivity index (χ0) is 13.0. The number of hydrogen-bond donors (Lipinski definition) is 3. The van der Waals surface area contributed by atoms with Crippen molar-refractivity contribution < 1.29 is 4.79 Å². The maximum absolute atomic E-state index is 11.9. The van der Waals surface area contributed by atoms with Gasteiger partial charge in [0, 0.05) is 9.26 Å². The van der Waals surface area contributed by atoms with E-state index in [1.54, 1.807) is 6.07 Å². The van der Waals surface area contributed by atoms with Crippen molar-refractivity contribution in [3.63, 3.8) is 0 Å². The molecule has 0 unspecified atom stereocenters. The molecule has 1 aromatic carbocycles. The minimum absolute atomic E-state index is 0.198. The monoisotopic (exact) mass is 355 g/mol. The molecule has 0 aliphatic rings. The standard InChI is InChI=1S/C11H10IN5O/c12-7-2-1-3-8(4-7)15-11(18)9-5-14-6-10(16-9)17-13/h1-6H,13H2,(H,15,18)(H,16,17). The number of carbonyl (C=O) groups excluding carboxylic acids is 1. The van der Waals surface area contributed by atoms with E-state index in [1.807, 2.05) is 18.2 Å². The smallest absolute Gasteiger partial charge is 0.275 e. The van der Waals surface area contributed by atoms with E-state index in [-0.39, 0.29) is 11.6 Å². The van der Waals surface area contributed by atoms with Gasteiger partial charge in [-0.15, -0.1) is 0 Å². The van der Waals surface area contributed by atoms with Crippen LogP contribution in [0.25, 0.3) is 0 Å². The van der Waals surface area contributed by atoms with Gasteiger partial charge in [0.1, 0.15) is 5.69 Å². The summed E-state index contributed by atoms with van der Waals surface area (Å²) in [7, 11) is 0. The molecule has 18 heavy (non-hydrogen) atoms. The molecule has 0 radical (unpaired) electrons. The second-order valence-corrected chi connectivity index (χ2v) is 4.64. The Hall–Kier alpha value is -1.74. The molecule has 0 aliphatic carbocycles. The van der Waals surface area contributed by atoms with Crippen molar-refractivity contribution in [1.29, 1.82) is 0 Å². The highest BCUT2D eigenvalue weighted by Gasteiger charge is 2.09. The predicted molar refractivity (Wildman–Crippen MR) is 77.0 cm³/mol. The fourth-order valence-electron chi connectivity index (χ4n) is 1.31. The molecule has 0 saturated carbocycles. The quantitative estimate of drug-likeness (QED) is 0.442. The fourth-order valence-corrected chi connectivity index (χ4v) is 1.85. The lowest BCUT2D eigenvalue weighted by Gasteiger charge is -2.05. The molecular weight excluding hydrogens is 345 g/mol. The third kappa shape index (κ3) is 3.14. The Kier molecular flexibility index (Phi) is 4.05. The number of hydrogen-bond acceptors (Lipinski definition) is 5. The van der Waals surface area contributed by atoms with Gasteiger partial charge in [0.15, 0.2) is 5.82 Å². The van der Waals surface area contributed by atoms with E-state index < -0.39 is 0 Å². The lowest BCUT2D eigenvalue weighted by molar-refractivity contribution is 0.102. The summed E-state index contributed by atoms with van der Waals surface area (Å²) in [6, 6.07) is 7.46. The molecule has 92 valence electrons. The second kappa shape index (κ2) is 5.74. The average Bonchev–Trinajstić information content (AvgIpc) is 2.39. The van der Waals surface area contributed by atoms with Crippen molar-refractivity contribution in [2.24, 2.45) is 5.84 Å². The van der Waals surface area contributed by atoms with Gasteiger partial charge in [-0.25, -0.2) is 10.8 Å². The Balaban J connectivity index is 2.16. The predicted octanol–water partition coefficient (Wildman–Crippen LogP) is 1.62. The van der Waals surface area contributed by atoms with Crippen LogP contribution in [0.5, 0.6) is 0 Å². The number of nitrogen functional groups attached to an aromatic ring is 1. The average molecular weight is 355 g/mol. The summed E-state index contributed by atoms with van der Waals surface area (Å²) in [5, 5.41) is 2.74. The van der Waals surface area contributed by atoms with Crippen LogP contribution in [-0.2, 0) is 0 Å². The molecule has 2 aromatic rings. The van der Waals surface area contributed by atoms with Crippen molar-refractivity contribution in [2.45, 2.75) is 0 Å². The number of anilines is 2. The van der Waals surface area contributed by atoms with Crippen molar-refractivity contribution in [1.82, 2.24) is 9.97 Å². The Bertz CT molecular complexity index is 575. The molecule has 0 saturated heterocycles. The van der Waals surface area contributed by atoms with Crippen LogP contribution < -0.4 is 16.6 Å². The van der Waals surface area contributed by atoms with Gasteiger partial charge >= 0.3 is 0 Å². The number of halogens is 1. The Morgan fingerprint density at radius 1 is 1.33 bits per heavy atom. The van der Waals surface area contributed by atoms with E-state index in [4.69, 9.17) is 5.84 Å². The number of amides is 1. The minimum Gasteiger partial charge on any atom is -0.321 e. The third-order valence-electron chi connectivity index (χ3n) is 2.10. The van der Waals surface area contributed by atoms with Crippen LogP contribution in [0.2, 0.25) is 0 Å². The summed E-state index contributed by atoms with van der Waals surface area (Å²) in [5.41, 5.74) is 3.25. The van der Waals surface area contributed by atoms with Gasteiger partial charge in [-0.3, -0.25) is 9.78 Å². The van der Waals surface area contributed by atoms with Gasteiger partial charge in [0.2, 0.25) is 0 Å². The number of nitrogens with two attached hydrogens (primary N) is 1. The number of carbonyl (C=O) groups is 1. The lowest BCUT2D eigenvalue weighted by atomic mass is 10.3. The summed E-state index contributed by atoms with van der Waals surface area (Å²) in [4.78, 5) is 19.8. The van der Waals surface area contributed by atoms with E-state index in [9.17, 15) is 4.79 Å². The zero-order valence-electron chi connectivity index (χ0n) is 9.22. The molecule has 4 N–H and O–H groups in total. The Labute approximate surface area is 117 Å². The molecule has 1 amide bonds. The zero-order valence-corrected chi connectivity index (χ0v) is 11.4. The molecule has 0 fully saturated rings. The first-order valence-electron chi connectivity index (χ1n) is 5.04. The summed E-state index contributed by atoms with van der Waals surface area (Å²) in [6.45, 7) is 0. The first-order valence-corrected chi connectivity index (χ1v) is 6.12. The molecule has 7 heteroatoms. The van der Waals surface area contributed by atoms with E-state index in [1.165, 1.54) is 12.4 Å². The van der Waals surface area contributed by atoms with Crippen LogP contribution in [-0.4, -0.2) is 15.9 Å². The molecule has 1 aromatic heterocycles. The maximum atomic E-state index is 11.9. The van der Waals surface area contributed by atoms with Gasteiger partial charge in [-0.1, -0.05) is 6.07 Å². The normalized spacial score (nSPS) is 9.89. The van der Waals surface area contributed by atoms with Crippen LogP contribution in [0, 0.1) is 3.57 Å². The first kappa shape index (κ1) is 12.7. The van der Waals surface area contributed by atoms with Gasteiger partial charge < -0.3 is 10.7 Å². The molecule has 2 rings (SSSR count). The van der Waals surface area contributed by atoms with Gasteiger partial charge in [0.25, 0.3) is 5.91 Å². The molecule has 0 atom stereocenters. The topological polar surface area (TPSA) is 92.9 Å². The first-order chi connectivity index (χ1) is 8.69. The molecule has 6 nitrogen and oxygen atoms in total. The second-order valence-electron chi connectivity index (χ2n) is 3.40. The number of nitrogens with zero attached hydrogens (tertiary/aromatic N) is 2. The number of benzene rings is 1. The Morgan fingerprint density at radius 2 is 2.17 bits per heavy atom. The summed E-state index contributed by atoms with van der Waals surface area (Å²) in [6.07, 6.45) is 2.81. The number of rotatable bonds is 3. The molecule has 0 bridgehead atoms. The molecule has 0 spiro atoms. The summed E-state index contributed by atoms with van der Waals surface area (Å²) >= 11 is 2.17. The summed E-state index contributed by atoms with van der Waals surface area (Å²) in [5.74, 6) is 5.21. The number of hydrazine groups is 1. The van der Waals surface area contributed by atoms with E-state index in [0.29, 0.717) is 11.5 Å². The number of aromatic nitrogens is 2.